The largest absolute Gasteiger partial charge is 0.487 e. The molecule has 2 rings (SSSR count). The van der Waals surface area contributed by atoms with Crippen molar-refractivity contribution in [1.82, 2.24) is 4.98 Å². The first kappa shape index (κ1) is 14.9. The molecule has 0 aromatic carbocycles. The topological polar surface area (TPSA) is 66.6 Å². The van der Waals surface area contributed by atoms with Crippen LogP contribution in [0.2, 0.25) is 0 Å². The van der Waals surface area contributed by atoms with Gasteiger partial charge in [-0.3, -0.25) is 0 Å². The minimum Gasteiger partial charge on any atom is -0.480 e. The lowest BCUT2D eigenvalue weighted by Gasteiger charge is -2.32. The summed E-state index contributed by atoms with van der Waals surface area (Å²) in [6.45, 7) is 8.08. The Kier molecular flexibility index (Phi) is 3.80. The Bertz CT molecular complexity index is 513. The molecule has 0 radical (unpaired) electrons. The molecule has 0 aliphatic carbocycles. The summed E-state index contributed by atoms with van der Waals surface area (Å²) < 4.78 is 16.8. The first-order chi connectivity index (χ1) is 9.25. The van der Waals surface area contributed by atoms with E-state index < -0.39 is 0 Å². The average molecular weight is 276 g/mol. The van der Waals surface area contributed by atoms with E-state index in [0.717, 1.165) is 5.69 Å². The quantitative estimate of drug-likeness (QED) is 0.858. The molecule has 108 valence electrons. The second-order valence-electron chi connectivity index (χ2n) is 5.82. The normalized spacial score (nSPS) is 20.6. The van der Waals surface area contributed by atoms with Gasteiger partial charge in [-0.2, -0.15) is 0 Å². The van der Waals surface area contributed by atoms with E-state index in [9.17, 15) is 0 Å². The molecule has 1 aromatic rings. The van der Waals surface area contributed by atoms with Crippen LogP contribution in [0.1, 0.15) is 33.4 Å². The Labute approximate surface area is 120 Å². The maximum atomic E-state index is 5.87. The molecule has 0 saturated carbocycles. The lowest BCUT2D eigenvalue weighted by molar-refractivity contribution is 0.00578. The van der Waals surface area contributed by atoms with Crippen molar-refractivity contribution in [2.45, 2.75) is 38.9 Å². The summed E-state index contributed by atoms with van der Waals surface area (Å²) in [5.74, 6) is 2.26. The molecule has 2 N–H and O–H groups in total. The van der Waals surface area contributed by atoms with Crippen molar-refractivity contribution in [1.29, 1.82) is 0 Å². The van der Waals surface area contributed by atoms with E-state index >= 15 is 0 Å². The number of ether oxygens (including phenoxy) is 1. The summed E-state index contributed by atoms with van der Waals surface area (Å²) in [5, 5.41) is 0. The Morgan fingerprint density at radius 2 is 1.80 bits per heavy atom. The predicted octanol–water partition coefficient (Wildman–Crippen LogP) is 2.32. The van der Waals surface area contributed by atoms with Gasteiger partial charge in [0.05, 0.1) is 29.7 Å². The van der Waals surface area contributed by atoms with E-state index in [2.05, 4.69) is 4.98 Å². The van der Waals surface area contributed by atoms with Crippen molar-refractivity contribution >= 4 is 18.9 Å². The van der Waals surface area contributed by atoms with Gasteiger partial charge in [0.15, 0.2) is 0 Å². The van der Waals surface area contributed by atoms with E-state index in [0.29, 0.717) is 11.6 Å². The minimum atomic E-state index is -0.384. The second-order valence-corrected chi connectivity index (χ2v) is 5.82. The van der Waals surface area contributed by atoms with Crippen LogP contribution in [-0.4, -0.2) is 30.4 Å². The van der Waals surface area contributed by atoms with Gasteiger partial charge in [0.1, 0.15) is 0 Å². The van der Waals surface area contributed by atoms with E-state index in [1.54, 1.807) is 13.2 Å². The van der Waals surface area contributed by atoms with Crippen LogP contribution in [0.15, 0.2) is 18.1 Å². The van der Waals surface area contributed by atoms with Gasteiger partial charge in [-0.05, 0) is 45.9 Å². The van der Waals surface area contributed by atoms with Crippen LogP contribution < -0.4 is 10.5 Å². The number of rotatable bonds is 3. The smallest absolute Gasteiger partial charge is 0.480 e. The minimum absolute atomic E-state index is 0.339. The number of methoxy groups -OCH3 is 1. The Morgan fingerprint density at radius 1 is 1.20 bits per heavy atom. The zero-order valence-corrected chi connectivity index (χ0v) is 12.6. The zero-order chi connectivity index (χ0) is 15.0. The van der Waals surface area contributed by atoms with Crippen LogP contribution in [0.4, 0.5) is 5.69 Å². The van der Waals surface area contributed by atoms with Crippen molar-refractivity contribution in [3.05, 3.63) is 23.8 Å². The number of pyridine rings is 1. The number of nitrogen functional groups attached to an aromatic ring is 1. The molecular formula is C14H21BN2O3. The second kappa shape index (κ2) is 5.11. The first-order valence-corrected chi connectivity index (χ1v) is 6.59. The number of hydrogen-bond donors (Lipinski definition) is 1. The molecule has 1 aliphatic rings. The highest BCUT2D eigenvalue weighted by atomic mass is 16.7. The van der Waals surface area contributed by atoms with Crippen molar-refractivity contribution in [3.63, 3.8) is 0 Å². The van der Waals surface area contributed by atoms with Gasteiger partial charge in [-0.15, -0.1) is 0 Å². The Hall–Kier alpha value is -1.53. The van der Waals surface area contributed by atoms with Gasteiger partial charge in [0.25, 0.3) is 0 Å². The summed E-state index contributed by atoms with van der Waals surface area (Å²) in [6, 6.07) is 3.58. The zero-order valence-electron chi connectivity index (χ0n) is 12.6. The Morgan fingerprint density at radius 3 is 2.35 bits per heavy atom. The molecule has 1 saturated heterocycles. The fourth-order valence-corrected chi connectivity index (χ4v) is 1.87. The number of nitrogens with two attached hydrogens (primary N) is 1. The van der Waals surface area contributed by atoms with Crippen LogP contribution in [0.25, 0.3) is 6.08 Å². The molecule has 1 fully saturated rings. The van der Waals surface area contributed by atoms with Gasteiger partial charge in [0, 0.05) is 0 Å². The van der Waals surface area contributed by atoms with Crippen LogP contribution in [0.5, 0.6) is 5.88 Å². The van der Waals surface area contributed by atoms with E-state index in [-0.39, 0.29) is 18.3 Å². The number of anilines is 1. The highest BCUT2D eigenvalue weighted by Gasteiger charge is 2.49. The molecule has 0 spiro atoms. The molecular weight excluding hydrogens is 255 g/mol. The lowest BCUT2D eigenvalue weighted by atomic mass is 9.89. The molecule has 2 heterocycles. The fourth-order valence-electron chi connectivity index (χ4n) is 1.87. The molecule has 20 heavy (non-hydrogen) atoms. The maximum Gasteiger partial charge on any atom is 0.487 e. The molecule has 0 amide bonds. The standard InChI is InChI=1S/C14H21BN2O3/c1-13(2)14(3,4)20-15(19-13)9-8-10-6-7-11(16)12(17-10)18-5/h6-9H,16H2,1-5H3/b9-8+. The van der Waals surface area contributed by atoms with Gasteiger partial charge in [-0.1, -0.05) is 5.98 Å². The molecule has 5 nitrogen and oxygen atoms in total. The number of aromatic nitrogens is 1. The molecule has 1 aliphatic heterocycles. The van der Waals surface area contributed by atoms with E-state index in [1.165, 1.54) is 0 Å². The average Bonchev–Trinajstić information content (AvgIpc) is 2.57. The number of hydrogen-bond acceptors (Lipinski definition) is 5. The summed E-state index contributed by atoms with van der Waals surface area (Å²) in [4.78, 5) is 4.28. The highest BCUT2D eigenvalue weighted by molar-refractivity contribution is 6.52. The highest BCUT2D eigenvalue weighted by Crippen LogP contribution is 2.37. The van der Waals surface area contributed by atoms with Crippen molar-refractivity contribution in [3.8, 4) is 5.88 Å². The van der Waals surface area contributed by atoms with Crippen LogP contribution in [-0.2, 0) is 9.31 Å². The fraction of sp³-hybridized carbons (Fsp3) is 0.500. The summed E-state index contributed by atoms with van der Waals surface area (Å²) >= 11 is 0. The monoisotopic (exact) mass is 276 g/mol. The molecule has 1 aromatic heterocycles. The van der Waals surface area contributed by atoms with Gasteiger partial charge >= 0.3 is 7.12 Å². The van der Waals surface area contributed by atoms with Gasteiger partial charge < -0.3 is 19.8 Å². The van der Waals surface area contributed by atoms with Gasteiger partial charge in [0.2, 0.25) is 5.88 Å². The summed E-state index contributed by atoms with van der Waals surface area (Å²) in [6.07, 6.45) is 1.84. The number of nitrogens with zero attached hydrogens (tertiary/aromatic N) is 1. The summed E-state index contributed by atoms with van der Waals surface area (Å²) in [7, 11) is 1.16. The van der Waals surface area contributed by atoms with Crippen LogP contribution in [0.3, 0.4) is 0 Å². The Balaban J connectivity index is 2.12. The lowest BCUT2D eigenvalue weighted by Crippen LogP contribution is -2.41. The molecule has 0 bridgehead atoms. The maximum absolute atomic E-state index is 5.87. The van der Waals surface area contributed by atoms with Crippen LogP contribution in [0, 0.1) is 0 Å². The first-order valence-electron chi connectivity index (χ1n) is 6.59. The third-order valence-electron chi connectivity index (χ3n) is 3.80. The predicted molar refractivity (Wildman–Crippen MR) is 80.3 cm³/mol. The van der Waals surface area contributed by atoms with E-state index in [1.807, 2.05) is 45.8 Å². The third-order valence-corrected chi connectivity index (χ3v) is 3.80. The third kappa shape index (κ3) is 2.81. The molecule has 0 atom stereocenters. The van der Waals surface area contributed by atoms with Crippen molar-refractivity contribution in [2.75, 3.05) is 12.8 Å². The van der Waals surface area contributed by atoms with Crippen molar-refractivity contribution in [2.24, 2.45) is 0 Å². The van der Waals surface area contributed by atoms with Crippen LogP contribution >= 0.6 is 0 Å². The van der Waals surface area contributed by atoms with Gasteiger partial charge in [-0.25, -0.2) is 4.98 Å². The SMILES string of the molecule is COc1nc(/C=C/B2OC(C)(C)C(C)(C)O2)ccc1N. The summed E-state index contributed by atoms with van der Waals surface area (Å²) in [5.41, 5.74) is 6.31. The molecule has 0 unspecified atom stereocenters. The van der Waals surface area contributed by atoms with E-state index in [4.69, 9.17) is 19.8 Å². The molecule has 6 heteroatoms. The van der Waals surface area contributed by atoms with Crippen molar-refractivity contribution < 1.29 is 14.0 Å².